The summed E-state index contributed by atoms with van der Waals surface area (Å²) >= 11 is 0. The van der Waals surface area contributed by atoms with Crippen LogP contribution in [0.2, 0.25) is 0 Å². The van der Waals surface area contributed by atoms with Crippen molar-refractivity contribution in [1.29, 1.82) is 0 Å². The van der Waals surface area contributed by atoms with E-state index < -0.39 is 17.9 Å². The molecule has 320 valence electrons. The molecular weight excluding hydrogens is 737 g/mol. The summed E-state index contributed by atoms with van der Waals surface area (Å²) in [5.41, 5.74) is 12.3. The van der Waals surface area contributed by atoms with Crippen molar-refractivity contribution in [3.05, 3.63) is 84.7 Å². The van der Waals surface area contributed by atoms with E-state index in [0.29, 0.717) is 35.4 Å². The standard InChI is InChI=1S/C50H70N4O5/c1-12-34-30(7)37-24-39-32(9)36(20-21-43(55)59-23-22-29(6)19-15-18-28(5)17-14-16-27(3)4)47(53-39)45-46(50(57)58-11)49(56)44-33(10)40(54-48(44)45)26-42-35(13-2)31(8)38(52-42)25-41(34)51-37/h19,24-28,32,34,36,46-47,51-54H,12-18,20-23H2,1-11H3/b29-19+,39-24-,40-26-,41-25-/t28-,32+,34?,36+,46-,47?/m1/s1. The van der Waals surface area contributed by atoms with Gasteiger partial charge in [-0.2, -0.15) is 0 Å². The highest BCUT2D eigenvalue weighted by molar-refractivity contribution is 6.19. The number of hydrogen-bond acceptors (Lipinski definition) is 7. The van der Waals surface area contributed by atoms with Gasteiger partial charge in [-0.1, -0.05) is 72.5 Å². The van der Waals surface area contributed by atoms with E-state index in [4.69, 9.17) is 9.47 Å². The Kier molecular flexibility index (Phi) is 14.0. The van der Waals surface area contributed by atoms with E-state index in [-0.39, 0.29) is 35.9 Å². The summed E-state index contributed by atoms with van der Waals surface area (Å²) in [7, 11) is 1.34. The first-order valence-corrected chi connectivity index (χ1v) is 22.4. The minimum Gasteiger partial charge on any atom is -0.468 e. The Labute approximate surface area is 352 Å². The molecule has 4 N–H and O–H groups in total. The Balaban J connectivity index is 1.31. The van der Waals surface area contributed by atoms with Gasteiger partial charge in [0.1, 0.15) is 5.92 Å². The fraction of sp³-hybridized carbons (Fsp3) is 0.580. The molecule has 1 aliphatic carbocycles. The molecule has 1 fully saturated rings. The molecule has 0 saturated carbocycles. The monoisotopic (exact) mass is 807 g/mol. The third-order valence-corrected chi connectivity index (χ3v) is 13.8. The summed E-state index contributed by atoms with van der Waals surface area (Å²) in [6, 6.07) is -0.403. The molecule has 4 aliphatic rings. The first-order chi connectivity index (χ1) is 28.2. The number of aromatic amines is 2. The van der Waals surface area contributed by atoms with Crippen molar-refractivity contribution in [3.63, 3.8) is 0 Å². The number of carbonyl (C=O) groups excluding carboxylic acids is 3. The van der Waals surface area contributed by atoms with Crippen LogP contribution in [0.4, 0.5) is 0 Å². The predicted molar refractivity (Wildman–Crippen MR) is 237 cm³/mol. The van der Waals surface area contributed by atoms with Gasteiger partial charge in [-0.3, -0.25) is 14.4 Å². The van der Waals surface area contributed by atoms with E-state index in [1.165, 1.54) is 55.1 Å². The molecule has 0 aromatic carbocycles. The van der Waals surface area contributed by atoms with Gasteiger partial charge in [-0.25, -0.2) is 0 Å². The van der Waals surface area contributed by atoms with Gasteiger partial charge in [-0.15, -0.1) is 0 Å². The van der Waals surface area contributed by atoms with Crippen molar-refractivity contribution in [2.24, 2.45) is 35.5 Å². The van der Waals surface area contributed by atoms with Crippen molar-refractivity contribution in [3.8, 4) is 0 Å². The average molecular weight is 807 g/mol. The number of allylic oxidation sites excluding steroid dienone is 4. The maximum absolute atomic E-state index is 14.4. The molecule has 2 unspecified atom stereocenters. The van der Waals surface area contributed by atoms with Gasteiger partial charge in [0.25, 0.3) is 0 Å². The summed E-state index contributed by atoms with van der Waals surface area (Å²) in [6.07, 6.45) is 18.3. The van der Waals surface area contributed by atoms with E-state index in [2.05, 4.69) is 107 Å². The van der Waals surface area contributed by atoms with Crippen molar-refractivity contribution in [2.75, 3.05) is 13.7 Å². The van der Waals surface area contributed by atoms with Crippen LogP contribution in [0.5, 0.6) is 0 Å². The highest BCUT2D eigenvalue weighted by atomic mass is 16.5. The summed E-state index contributed by atoms with van der Waals surface area (Å²) in [5, 5.41) is 9.11. The van der Waals surface area contributed by atoms with E-state index in [1.54, 1.807) is 0 Å². The molecule has 8 bridgehead atoms. The molecule has 5 heterocycles. The van der Waals surface area contributed by atoms with Gasteiger partial charge >= 0.3 is 11.9 Å². The molecule has 0 radical (unpaired) electrons. The van der Waals surface area contributed by atoms with Crippen LogP contribution < -0.4 is 21.3 Å². The van der Waals surface area contributed by atoms with E-state index >= 15 is 0 Å². The summed E-state index contributed by atoms with van der Waals surface area (Å²) in [4.78, 5) is 48.7. The van der Waals surface area contributed by atoms with E-state index in [9.17, 15) is 14.4 Å². The molecule has 6 atom stereocenters. The second kappa shape index (κ2) is 18.8. The van der Waals surface area contributed by atoms with Crippen LogP contribution in [-0.2, 0) is 25.5 Å². The zero-order valence-electron chi connectivity index (χ0n) is 37.7. The number of rotatable bonds is 16. The van der Waals surface area contributed by atoms with Gasteiger partial charge in [0.05, 0.1) is 25.1 Å². The number of hydrogen-bond donors (Lipinski definition) is 4. The lowest BCUT2D eigenvalue weighted by Crippen LogP contribution is -2.38. The number of carbonyl (C=O) groups is 3. The minimum atomic E-state index is -1.08. The molecule has 0 amide bonds. The Morgan fingerprint density at radius 3 is 2.39 bits per heavy atom. The van der Waals surface area contributed by atoms with Crippen LogP contribution in [0.25, 0.3) is 17.7 Å². The SMILES string of the molecule is CCc1c2[nH]c(c1C)/C=C1\NC(=C(C)C1CC)/C=C1\NC(C3=c4[nH]/c(c(C)c4C(=O)[C@@H]3C(=O)OC)=C\2)[C@@H](CCC(=O)OCC/C(C)=C/CC[C@H](C)CCCC(C)C)[C@@H]1C. The van der Waals surface area contributed by atoms with Gasteiger partial charge in [0.15, 0.2) is 5.78 Å². The van der Waals surface area contributed by atoms with Crippen LogP contribution in [0.3, 0.4) is 0 Å². The Morgan fingerprint density at radius 1 is 0.932 bits per heavy atom. The number of Topliss-reactive ketones (excluding diaryl/α,β-unsaturated/α-hetero) is 1. The molecule has 59 heavy (non-hydrogen) atoms. The Bertz CT molecular complexity index is 2190. The van der Waals surface area contributed by atoms with Crippen molar-refractivity contribution < 1.29 is 23.9 Å². The van der Waals surface area contributed by atoms with Crippen LogP contribution in [0.1, 0.15) is 152 Å². The van der Waals surface area contributed by atoms with Crippen LogP contribution in [0, 0.1) is 49.4 Å². The highest BCUT2D eigenvalue weighted by Crippen LogP contribution is 2.43. The number of esters is 2. The lowest BCUT2D eigenvalue weighted by molar-refractivity contribution is -0.144. The molecule has 6 rings (SSSR count). The Morgan fingerprint density at radius 2 is 1.69 bits per heavy atom. The van der Waals surface area contributed by atoms with Crippen molar-refractivity contribution in [1.82, 2.24) is 20.6 Å². The second-order valence-electron chi connectivity index (χ2n) is 18.3. The van der Waals surface area contributed by atoms with Gasteiger partial charge in [0, 0.05) is 64.1 Å². The molecular formula is C50H70N4O5. The quantitative estimate of drug-likeness (QED) is 0.0760. The highest BCUT2D eigenvalue weighted by Gasteiger charge is 2.49. The molecule has 2 aromatic heterocycles. The van der Waals surface area contributed by atoms with Crippen molar-refractivity contribution >= 4 is 35.4 Å². The molecule has 3 aliphatic heterocycles. The molecule has 0 spiro atoms. The van der Waals surface area contributed by atoms with Crippen molar-refractivity contribution in [2.45, 2.75) is 139 Å². The number of ether oxygens (including phenoxy) is 2. The smallest absolute Gasteiger partial charge is 0.320 e. The predicted octanol–water partition coefficient (Wildman–Crippen LogP) is 8.76. The van der Waals surface area contributed by atoms with Crippen LogP contribution >= 0.6 is 0 Å². The normalized spacial score (nSPS) is 25.3. The third-order valence-electron chi connectivity index (χ3n) is 13.8. The maximum atomic E-state index is 14.4. The number of methoxy groups -OCH3 is 1. The fourth-order valence-corrected chi connectivity index (χ4v) is 10.1. The van der Waals surface area contributed by atoms with E-state index in [1.807, 2.05) is 6.92 Å². The Hall–Kier alpha value is -4.53. The van der Waals surface area contributed by atoms with Gasteiger partial charge in [-0.05, 0) is 124 Å². The number of aromatic nitrogens is 2. The second-order valence-corrected chi connectivity index (χ2v) is 18.3. The molecule has 2 aromatic rings. The topological polar surface area (TPSA) is 125 Å². The van der Waals surface area contributed by atoms with Gasteiger partial charge in [0.2, 0.25) is 0 Å². The number of H-pyrrole nitrogens is 2. The molecule has 1 saturated heterocycles. The lowest BCUT2D eigenvalue weighted by atomic mass is 9.80. The number of nitrogens with one attached hydrogen (secondary N) is 4. The largest absolute Gasteiger partial charge is 0.468 e. The summed E-state index contributed by atoms with van der Waals surface area (Å²) in [6.45, 7) is 22.3. The number of fused-ring (bicyclic) bond motifs is 8. The molecule has 9 nitrogen and oxygen atoms in total. The van der Waals surface area contributed by atoms with E-state index in [0.717, 1.165) is 71.0 Å². The van der Waals surface area contributed by atoms with Crippen LogP contribution in [-0.4, -0.2) is 47.4 Å². The average Bonchev–Trinajstić information content (AvgIpc) is 3.94. The summed E-state index contributed by atoms with van der Waals surface area (Å²) in [5.74, 6) is -0.540. The maximum Gasteiger partial charge on any atom is 0.320 e. The third kappa shape index (κ3) is 9.14. The zero-order valence-corrected chi connectivity index (χ0v) is 37.7. The number of ketones is 1. The van der Waals surface area contributed by atoms with Gasteiger partial charge < -0.3 is 30.1 Å². The first-order valence-electron chi connectivity index (χ1n) is 22.4. The lowest BCUT2D eigenvalue weighted by Gasteiger charge is -2.25. The summed E-state index contributed by atoms with van der Waals surface area (Å²) < 4.78 is 11.1. The minimum absolute atomic E-state index is 0.0106. The first kappa shape index (κ1) is 44.0. The van der Waals surface area contributed by atoms with Crippen LogP contribution in [0.15, 0.2) is 40.4 Å². The molecule has 9 heteroatoms. The zero-order chi connectivity index (χ0) is 42.7. The fourth-order valence-electron chi connectivity index (χ4n) is 10.1.